The second-order valence-corrected chi connectivity index (χ2v) is 8.24. The maximum atomic E-state index is 12.6. The molecule has 0 aromatic heterocycles. The monoisotopic (exact) mass is 424 g/mol. The van der Waals surface area contributed by atoms with Crippen LogP contribution in [-0.2, 0) is 10.0 Å². The SMILES string of the molecule is CC1CN(S(=O)(=O)c2ccc(I)c(C(=O)O)c2)CCN1C. The number of carboxylic acid groups (broad SMARTS) is 1. The molecule has 1 N–H and O–H groups in total. The molecule has 1 fully saturated rings. The first-order valence-electron chi connectivity index (χ1n) is 6.46. The van der Waals surface area contributed by atoms with Crippen molar-refractivity contribution in [3.8, 4) is 0 Å². The molecule has 0 saturated carbocycles. The number of likely N-dealkylation sites (N-methyl/N-ethyl adjacent to an activating group) is 1. The molecule has 1 heterocycles. The third-order valence-corrected chi connectivity index (χ3v) is 6.53. The van der Waals surface area contributed by atoms with E-state index in [4.69, 9.17) is 5.11 Å². The van der Waals surface area contributed by atoms with Gasteiger partial charge in [-0.2, -0.15) is 4.31 Å². The summed E-state index contributed by atoms with van der Waals surface area (Å²) in [6.07, 6.45) is 0. The minimum atomic E-state index is -3.65. The van der Waals surface area contributed by atoms with Gasteiger partial charge in [0.15, 0.2) is 0 Å². The van der Waals surface area contributed by atoms with Crippen LogP contribution >= 0.6 is 22.6 Å². The lowest BCUT2D eigenvalue weighted by atomic mass is 10.2. The zero-order chi connectivity index (χ0) is 15.8. The summed E-state index contributed by atoms with van der Waals surface area (Å²) in [6.45, 7) is 3.46. The maximum absolute atomic E-state index is 12.6. The Morgan fingerprint density at radius 1 is 1.38 bits per heavy atom. The summed E-state index contributed by atoms with van der Waals surface area (Å²) in [6, 6.07) is 4.36. The summed E-state index contributed by atoms with van der Waals surface area (Å²) in [5.74, 6) is -1.12. The molecule has 1 aliphatic rings. The summed E-state index contributed by atoms with van der Waals surface area (Å²) in [5, 5.41) is 9.12. The molecule has 21 heavy (non-hydrogen) atoms. The molecule has 8 heteroatoms. The van der Waals surface area contributed by atoms with E-state index in [1.807, 2.05) is 36.6 Å². The van der Waals surface area contributed by atoms with Gasteiger partial charge in [-0.15, -0.1) is 0 Å². The van der Waals surface area contributed by atoms with Gasteiger partial charge >= 0.3 is 5.97 Å². The molecule has 1 unspecified atom stereocenters. The number of carboxylic acids is 1. The van der Waals surface area contributed by atoms with Gasteiger partial charge in [0.1, 0.15) is 0 Å². The standard InChI is InChI=1S/C13H17IN2O4S/c1-9-8-16(6-5-15(9)2)21(19,20)10-3-4-12(14)11(7-10)13(17)18/h3-4,7,9H,5-6,8H2,1-2H3,(H,17,18). The Kier molecular flexibility index (Phi) is 4.91. The van der Waals surface area contributed by atoms with Crippen molar-refractivity contribution in [1.29, 1.82) is 0 Å². The molecule has 1 aromatic rings. The highest BCUT2D eigenvalue weighted by molar-refractivity contribution is 14.1. The van der Waals surface area contributed by atoms with E-state index in [-0.39, 0.29) is 16.5 Å². The molecule has 1 saturated heterocycles. The first-order valence-corrected chi connectivity index (χ1v) is 8.98. The molecule has 0 bridgehead atoms. The predicted octanol–water partition coefficient (Wildman–Crippen LogP) is 1.31. The Morgan fingerprint density at radius 2 is 2.05 bits per heavy atom. The van der Waals surface area contributed by atoms with Gasteiger partial charge < -0.3 is 10.0 Å². The van der Waals surface area contributed by atoms with Crippen molar-refractivity contribution in [3.05, 3.63) is 27.3 Å². The lowest BCUT2D eigenvalue weighted by Gasteiger charge is -2.36. The topological polar surface area (TPSA) is 77.9 Å². The van der Waals surface area contributed by atoms with Crippen LogP contribution in [0, 0.1) is 3.57 Å². The summed E-state index contributed by atoms with van der Waals surface area (Å²) in [7, 11) is -1.69. The Labute approximate surface area is 137 Å². The zero-order valence-corrected chi connectivity index (χ0v) is 14.8. The minimum absolute atomic E-state index is 0.0128. The number of benzene rings is 1. The van der Waals surface area contributed by atoms with Crippen molar-refractivity contribution in [1.82, 2.24) is 9.21 Å². The van der Waals surface area contributed by atoms with Gasteiger partial charge in [-0.1, -0.05) is 0 Å². The van der Waals surface area contributed by atoms with E-state index in [9.17, 15) is 13.2 Å². The second-order valence-electron chi connectivity index (χ2n) is 5.14. The first-order chi connectivity index (χ1) is 9.73. The van der Waals surface area contributed by atoms with Crippen molar-refractivity contribution in [3.63, 3.8) is 0 Å². The second kappa shape index (κ2) is 6.19. The van der Waals surface area contributed by atoms with Crippen molar-refractivity contribution in [2.75, 3.05) is 26.7 Å². The zero-order valence-electron chi connectivity index (χ0n) is 11.8. The van der Waals surface area contributed by atoms with Gasteiger partial charge in [0.25, 0.3) is 0 Å². The third-order valence-electron chi connectivity index (χ3n) is 3.73. The van der Waals surface area contributed by atoms with Crippen molar-refractivity contribution in [2.24, 2.45) is 0 Å². The Hall–Kier alpha value is -0.710. The number of halogens is 1. The average molecular weight is 424 g/mol. The smallest absolute Gasteiger partial charge is 0.336 e. The molecule has 1 aliphatic heterocycles. The molecular formula is C13H17IN2O4S. The summed E-state index contributed by atoms with van der Waals surface area (Å²) < 4.78 is 27.2. The van der Waals surface area contributed by atoms with Gasteiger partial charge in [-0.3, -0.25) is 0 Å². The van der Waals surface area contributed by atoms with Gasteiger partial charge in [0, 0.05) is 29.2 Å². The maximum Gasteiger partial charge on any atom is 0.336 e. The van der Waals surface area contributed by atoms with E-state index >= 15 is 0 Å². The highest BCUT2D eigenvalue weighted by atomic mass is 127. The number of rotatable bonds is 3. The molecule has 1 aromatic carbocycles. The van der Waals surface area contributed by atoms with Crippen LogP contribution in [-0.4, -0.2) is 61.4 Å². The predicted molar refractivity (Wildman–Crippen MR) is 87.0 cm³/mol. The van der Waals surface area contributed by atoms with E-state index in [1.54, 1.807) is 0 Å². The normalized spacial score (nSPS) is 21.4. The van der Waals surface area contributed by atoms with Crippen molar-refractivity contribution < 1.29 is 18.3 Å². The molecular weight excluding hydrogens is 407 g/mol. The van der Waals surface area contributed by atoms with Crippen LogP contribution in [0.1, 0.15) is 17.3 Å². The van der Waals surface area contributed by atoms with Gasteiger partial charge in [-0.05, 0) is 54.8 Å². The van der Waals surface area contributed by atoms with E-state index in [0.717, 1.165) is 0 Å². The first kappa shape index (κ1) is 16.7. The molecule has 0 spiro atoms. The third kappa shape index (κ3) is 3.38. The number of piperazine rings is 1. The number of hydrogen-bond donors (Lipinski definition) is 1. The number of carbonyl (C=O) groups is 1. The molecule has 0 radical (unpaired) electrons. The summed E-state index contributed by atoms with van der Waals surface area (Å²) in [4.78, 5) is 13.3. The Morgan fingerprint density at radius 3 is 2.62 bits per heavy atom. The lowest BCUT2D eigenvalue weighted by molar-refractivity contribution is 0.0695. The van der Waals surface area contributed by atoms with E-state index in [2.05, 4.69) is 4.90 Å². The number of sulfonamides is 1. The van der Waals surface area contributed by atoms with Crippen molar-refractivity contribution in [2.45, 2.75) is 17.9 Å². The highest BCUT2D eigenvalue weighted by Gasteiger charge is 2.31. The Bertz CT molecular complexity index is 662. The highest BCUT2D eigenvalue weighted by Crippen LogP contribution is 2.23. The van der Waals surface area contributed by atoms with Crippen LogP contribution in [0.3, 0.4) is 0 Å². The van der Waals surface area contributed by atoms with E-state index in [1.165, 1.54) is 22.5 Å². The van der Waals surface area contributed by atoms with E-state index < -0.39 is 16.0 Å². The number of hydrogen-bond acceptors (Lipinski definition) is 4. The largest absolute Gasteiger partial charge is 0.478 e. The van der Waals surface area contributed by atoms with Crippen LogP contribution in [0.4, 0.5) is 0 Å². The fourth-order valence-electron chi connectivity index (χ4n) is 2.21. The van der Waals surface area contributed by atoms with Crippen LogP contribution in [0.2, 0.25) is 0 Å². The van der Waals surface area contributed by atoms with Crippen LogP contribution in [0.25, 0.3) is 0 Å². The van der Waals surface area contributed by atoms with Crippen molar-refractivity contribution >= 4 is 38.6 Å². The lowest BCUT2D eigenvalue weighted by Crippen LogP contribution is -2.51. The van der Waals surface area contributed by atoms with Crippen LogP contribution < -0.4 is 0 Å². The quantitative estimate of drug-likeness (QED) is 0.741. The average Bonchev–Trinajstić information content (AvgIpc) is 2.41. The summed E-state index contributed by atoms with van der Waals surface area (Å²) in [5.41, 5.74) is 0.0128. The molecule has 0 amide bonds. The fraction of sp³-hybridized carbons (Fsp3) is 0.462. The minimum Gasteiger partial charge on any atom is -0.478 e. The number of nitrogens with zero attached hydrogens (tertiary/aromatic N) is 2. The Balaban J connectivity index is 2.36. The molecule has 116 valence electrons. The fourth-order valence-corrected chi connectivity index (χ4v) is 4.32. The van der Waals surface area contributed by atoms with Crippen LogP contribution in [0.15, 0.2) is 23.1 Å². The van der Waals surface area contributed by atoms with Gasteiger partial charge in [-0.25, -0.2) is 13.2 Å². The molecule has 6 nitrogen and oxygen atoms in total. The van der Waals surface area contributed by atoms with Crippen LogP contribution in [0.5, 0.6) is 0 Å². The van der Waals surface area contributed by atoms with Gasteiger partial charge in [0.05, 0.1) is 10.5 Å². The number of aromatic carboxylic acids is 1. The summed E-state index contributed by atoms with van der Waals surface area (Å²) >= 11 is 1.88. The molecule has 2 rings (SSSR count). The van der Waals surface area contributed by atoms with E-state index in [0.29, 0.717) is 23.2 Å². The van der Waals surface area contributed by atoms with Gasteiger partial charge in [0.2, 0.25) is 10.0 Å². The molecule has 1 atom stereocenters. The molecule has 0 aliphatic carbocycles.